The van der Waals surface area contributed by atoms with E-state index in [1.807, 2.05) is 6.07 Å². The molecule has 1 aliphatic heterocycles. The van der Waals surface area contributed by atoms with Gasteiger partial charge in [-0.05, 0) is 30.2 Å². The number of non-ortho nitro benzene ring substituents is 1. The number of aryl methyl sites for hydroxylation is 1. The second kappa shape index (κ2) is 9.30. The van der Waals surface area contributed by atoms with E-state index < -0.39 is 14.9 Å². The fraction of sp³-hybridized carbons (Fsp3) is 0.316. The average molecular weight is 472 g/mol. The molecule has 0 N–H and O–H groups in total. The van der Waals surface area contributed by atoms with Crippen LogP contribution in [0.2, 0.25) is 10.0 Å². The number of amides is 1. The zero-order valence-electron chi connectivity index (χ0n) is 15.8. The van der Waals surface area contributed by atoms with Crippen LogP contribution in [0, 0.1) is 10.1 Å². The molecule has 0 bridgehead atoms. The number of rotatable bonds is 6. The third-order valence-electron chi connectivity index (χ3n) is 4.92. The molecule has 0 atom stereocenters. The van der Waals surface area contributed by atoms with E-state index in [0.29, 0.717) is 16.5 Å². The van der Waals surface area contributed by atoms with Gasteiger partial charge in [0.15, 0.2) is 0 Å². The van der Waals surface area contributed by atoms with Crippen LogP contribution < -0.4 is 0 Å². The first-order chi connectivity index (χ1) is 14.2. The Morgan fingerprint density at radius 1 is 1.03 bits per heavy atom. The van der Waals surface area contributed by atoms with Crippen molar-refractivity contribution in [3.63, 3.8) is 0 Å². The zero-order valence-corrected chi connectivity index (χ0v) is 18.2. The molecule has 1 saturated heterocycles. The number of piperazine rings is 1. The lowest BCUT2D eigenvalue weighted by Gasteiger charge is -2.34. The Morgan fingerprint density at radius 2 is 1.67 bits per heavy atom. The van der Waals surface area contributed by atoms with E-state index in [0.717, 1.165) is 17.7 Å². The molecule has 0 saturated carbocycles. The van der Waals surface area contributed by atoms with Gasteiger partial charge in [0, 0.05) is 44.7 Å². The molecule has 160 valence electrons. The summed E-state index contributed by atoms with van der Waals surface area (Å²) >= 11 is 12.1. The van der Waals surface area contributed by atoms with Crippen LogP contribution in [0.4, 0.5) is 5.69 Å². The highest BCUT2D eigenvalue weighted by molar-refractivity contribution is 7.89. The lowest BCUT2D eigenvalue weighted by Crippen LogP contribution is -2.50. The molecule has 1 amide bonds. The molecule has 0 aromatic heterocycles. The summed E-state index contributed by atoms with van der Waals surface area (Å²) in [5, 5.41) is 11.6. The van der Waals surface area contributed by atoms with Gasteiger partial charge in [-0.25, -0.2) is 8.42 Å². The van der Waals surface area contributed by atoms with Gasteiger partial charge in [0.1, 0.15) is 0 Å². The first-order valence-corrected chi connectivity index (χ1v) is 11.3. The maximum absolute atomic E-state index is 12.8. The van der Waals surface area contributed by atoms with Gasteiger partial charge < -0.3 is 4.90 Å². The molecule has 0 aliphatic carbocycles. The van der Waals surface area contributed by atoms with Crippen molar-refractivity contribution in [1.82, 2.24) is 9.21 Å². The number of carbonyl (C=O) groups excluding carboxylic acids is 1. The third-order valence-corrected chi connectivity index (χ3v) is 7.69. The summed E-state index contributed by atoms with van der Waals surface area (Å²) in [5.74, 6) is -0.0848. The van der Waals surface area contributed by atoms with Crippen LogP contribution in [0.3, 0.4) is 0 Å². The molecule has 1 fully saturated rings. The maximum Gasteiger partial charge on any atom is 0.269 e. The first-order valence-electron chi connectivity index (χ1n) is 9.15. The van der Waals surface area contributed by atoms with Crippen LogP contribution in [-0.4, -0.2) is 54.6 Å². The molecular formula is C19H19Cl2N3O5S. The van der Waals surface area contributed by atoms with Crippen molar-refractivity contribution in [2.24, 2.45) is 0 Å². The number of nitrogens with zero attached hydrogens (tertiary/aromatic N) is 3. The largest absolute Gasteiger partial charge is 0.340 e. The van der Waals surface area contributed by atoms with Gasteiger partial charge >= 0.3 is 0 Å². The number of halogens is 2. The lowest BCUT2D eigenvalue weighted by molar-refractivity contribution is -0.384. The van der Waals surface area contributed by atoms with E-state index in [9.17, 15) is 23.3 Å². The number of benzene rings is 2. The number of sulfonamides is 1. The highest BCUT2D eigenvalue weighted by Gasteiger charge is 2.30. The molecule has 1 aliphatic rings. The Hall–Kier alpha value is -2.20. The lowest BCUT2D eigenvalue weighted by atomic mass is 10.1. The monoisotopic (exact) mass is 471 g/mol. The first kappa shape index (κ1) is 22.5. The van der Waals surface area contributed by atoms with Crippen molar-refractivity contribution in [1.29, 1.82) is 0 Å². The minimum atomic E-state index is -3.78. The van der Waals surface area contributed by atoms with Crippen molar-refractivity contribution < 1.29 is 18.1 Å². The number of nitro groups is 1. The predicted octanol–water partition coefficient (Wildman–Crippen LogP) is 3.37. The summed E-state index contributed by atoms with van der Waals surface area (Å²) in [4.78, 5) is 24.3. The molecule has 0 spiro atoms. The van der Waals surface area contributed by atoms with Crippen LogP contribution in [-0.2, 0) is 21.2 Å². The van der Waals surface area contributed by atoms with Crippen molar-refractivity contribution in [3.05, 3.63) is 68.2 Å². The quantitative estimate of drug-likeness (QED) is 0.474. The van der Waals surface area contributed by atoms with Crippen molar-refractivity contribution >= 4 is 44.8 Å². The van der Waals surface area contributed by atoms with Gasteiger partial charge in [-0.3, -0.25) is 14.9 Å². The maximum atomic E-state index is 12.8. The van der Waals surface area contributed by atoms with Crippen molar-refractivity contribution in [3.8, 4) is 0 Å². The van der Waals surface area contributed by atoms with Gasteiger partial charge in [0.25, 0.3) is 5.69 Å². The summed E-state index contributed by atoms with van der Waals surface area (Å²) in [5.41, 5.74) is 0.612. The highest BCUT2D eigenvalue weighted by Crippen LogP contribution is 2.27. The van der Waals surface area contributed by atoms with Crippen LogP contribution in [0.1, 0.15) is 12.0 Å². The number of hydrogen-bond donors (Lipinski definition) is 0. The summed E-state index contributed by atoms with van der Waals surface area (Å²) in [6.45, 7) is 0.856. The van der Waals surface area contributed by atoms with Crippen LogP contribution in [0.5, 0.6) is 0 Å². The van der Waals surface area contributed by atoms with E-state index in [-0.39, 0.29) is 49.1 Å². The van der Waals surface area contributed by atoms with E-state index in [4.69, 9.17) is 23.2 Å². The minimum absolute atomic E-state index is 0.0107. The standard InChI is InChI=1S/C19H19Cl2N3O5S/c20-17-3-1-2-14(19(17)21)4-9-18(25)22-10-12-23(13-11-22)30(28,29)16-7-5-15(6-8-16)24(26)27/h1-3,5-8H,4,9-13H2. The Balaban J connectivity index is 1.57. The van der Waals surface area contributed by atoms with Crippen molar-refractivity contribution in [2.75, 3.05) is 26.2 Å². The van der Waals surface area contributed by atoms with E-state index in [2.05, 4.69) is 0 Å². The Labute approximate surface area is 184 Å². The number of hydrogen-bond acceptors (Lipinski definition) is 5. The molecule has 2 aromatic carbocycles. The Bertz CT molecular complexity index is 1050. The topological polar surface area (TPSA) is 101 Å². The van der Waals surface area contributed by atoms with E-state index >= 15 is 0 Å². The summed E-state index contributed by atoms with van der Waals surface area (Å²) in [6.07, 6.45) is 0.689. The van der Waals surface area contributed by atoms with Crippen LogP contribution >= 0.6 is 23.2 Å². The summed E-state index contributed by atoms with van der Waals surface area (Å²) in [6, 6.07) is 10.0. The summed E-state index contributed by atoms with van der Waals surface area (Å²) in [7, 11) is -3.78. The van der Waals surface area contributed by atoms with Gasteiger partial charge in [-0.2, -0.15) is 4.31 Å². The molecule has 30 heavy (non-hydrogen) atoms. The predicted molar refractivity (Wildman–Crippen MR) is 113 cm³/mol. The molecule has 1 heterocycles. The fourth-order valence-electron chi connectivity index (χ4n) is 3.21. The molecule has 2 aromatic rings. The number of carbonyl (C=O) groups is 1. The Morgan fingerprint density at radius 3 is 2.27 bits per heavy atom. The fourth-order valence-corrected chi connectivity index (χ4v) is 5.04. The second-order valence-corrected chi connectivity index (χ2v) is 9.47. The average Bonchev–Trinajstić information content (AvgIpc) is 2.74. The molecule has 0 unspecified atom stereocenters. The summed E-state index contributed by atoms with van der Waals surface area (Å²) < 4.78 is 26.8. The molecule has 0 radical (unpaired) electrons. The SMILES string of the molecule is O=C(CCc1cccc(Cl)c1Cl)N1CCN(S(=O)(=O)c2ccc([N+](=O)[O-])cc2)CC1. The van der Waals surface area contributed by atoms with Gasteiger partial charge in [-0.15, -0.1) is 0 Å². The molecule has 8 nitrogen and oxygen atoms in total. The van der Waals surface area contributed by atoms with Gasteiger partial charge in [-0.1, -0.05) is 35.3 Å². The second-order valence-electron chi connectivity index (χ2n) is 6.75. The minimum Gasteiger partial charge on any atom is -0.340 e. The molecule has 3 rings (SSSR count). The highest BCUT2D eigenvalue weighted by atomic mass is 35.5. The van der Waals surface area contributed by atoms with E-state index in [1.54, 1.807) is 17.0 Å². The van der Waals surface area contributed by atoms with Crippen molar-refractivity contribution in [2.45, 2.75) is 17.7 Å². The molecular weight excluding hydrogens is 453 g/mol. The van der Waals surface area contributed by atoms with Gasteiger partial charge in [0.2, 0.25) is 15.9 Å². The third kappa shape index (κ3) is 4.92. The normalized spacial score (nSPS) is 15.2. The van der Waals surface area contributed by atoms with Crippen LogP contribution in [0.15, 0.2) is 47.4 Å². The zero-order chi connectivity index (χ0) is 21.9. The van der Waals surface area contributed by atoms with Crippen LogP contribution in [0.25, 0.3) is 0 Å². The number of nitro benzene ring substituents is 1. The van der Waals surface area contributed by atoms with Gasteiger partial charge in [0.05, 0.1) is 19.9 Å². The smallest absolute Gasteiger partial charge is 0.269 e. The molecule has 11 heteroatoms. The van der Waals surface area contributed by atoms with E-state index in [1.165, 1.54) is 16.4 Å². The Kier molecular flexibility index (Phi) is 6.97.